The van der Waals surface area contributed by atoms with Gasteiger partial charge in [0, 0.05) is 19.9 Å². The minimum absolute atomic E-state index is 0.0593. The number of hydrogen-bond donors (Lipinski definition) is 3. The Balaban J connectivity index is 1.54. The molecule has 60 heavy (non-hydrogen) atoms. The lowest BCUT2D eigenvalue weighted by Crippen LogP contribution is -2.59. The van der Waals surface area contributed by atoms with Gasteiger partial charge in [0.05, 0.1) is 7.11 Å². The van der Waals surface area contributed by atoms with Crippen LogP contribution >= 0.6 is 0 Å². The smallest absolute Gasteiger partial charge is 0.408 e. The summed E-state index contributed by atoms with van der Waals surface area (Å²) in [5.74, 6) is -1.60. The van der Waals surface area contributed by atoms with E-state index in [0.29, 0.717) is 30.3 Å². The molecule has 0 aliphatic heterocycles. The monoisotopic (exact) mass is 822 g/mol. The Hall–Kier alpha value is -6.37. The molecule has 0 unspecified atom stereocenters. The first-order valence-electron chi connectivity index (χ1n) is 20.0. The Bertz CT molecular complexity index is 2000. The van der Waals surface area contributed by atoms with Crippen LogP contribution in [0.25, 0.3) is 0 Å². The molecule has 4 aromatic rings. The summed E-state index contributed by atoms with van der Waals surface area (Å²) in [4.78, 5) is 68.8. The first kappa shape index (κ1) is 46.3. The molecule has 4 rings (SSSR count). The van der Waals surface area contributed by atoms with E-state index in [9.17, 15) is 24.0 Å². The average Bonchev–Trinajstić information content (AvgIpc) is 3.22. The molecule has 13 heteroatoms. The fourth-order valence-electron chi connectivity index (χ4n) is 6.11. The lowest BCUT2D eigenvalue weighted by molar-refractivity contribution is -0.147. The molecular formula is C47H58N4O9. The van der Waals surface area contributed by atoms with Crippen LogP contribution in [0.1, 0.15) is 63.8 Å². The zero-order chi connectivity index (χ0) is 43.8. The number of nitrogens with one attached hydrogen (secondary N) is 3. The molecule has 0 spiro atoms. The molecule has 3 N–H and O–H groups in total. The van der Waals surface area contributed by atoms with E-state index in [1.165, 1.54) is 26.0 Å². The highest BCUT2D eigenvalue weighted by atomic mass is 16.6. The van der Waals surface area contributed by atoms with Crippen LogP contribution in [0, 0.1) is 5.92 Å². The summed E-state index contributed by atoms with van der Waals surface area (Å²) in [6, 6.07) is 29.6. The summed E-state index contributed by atoms with van der Waals surface area (Å²) in [6.07, 6.45) is -0.623. The van der Waals surface area contributed by atoms with Gasteiger partial charge in [-0.05, 0) is 80.1 Å². The number of alkyl carbamates (subject to hydrolysis) is 1. The number of amides is 4. The van der Waals surface area contributed by atoms with Crippen molar-refractivity contribution in [1.29, 1.82) is 0 Å². The number of nitrogens with zero attached hydrogens (tertiary/aromatic N) is 1. The summed E-state index contributed by atoms with van der Waals surface area (Å²) >= 11 is 0. The zero-order valence-corrected chi connectivity index (χ0v) is 35.7. The predicted octanol–water partition coefficient (Wildman–Crippen LogP) is 6.17. The summed E-state index contributed by atoms with van der Waals surface area (Å²) in [5, 5.41) is 8.08. The summed E-state index contributed by atoms with van der Waals surface area (Å²) in [5.41, 5.74) is 2.70. The van der Waals surface area contributed by atoms with Crippen molar-refractivity contribution in [2.45, 2.75) is 97.4 Å². The van der Waals surface area contributed by atoms with E-state index >= 15 is 0 Å². The second-order valence-electron chi connectivity index (χ2n) is 15.9. The molecule has 0 heterocycles. The fourth-order valence-corrected chi connectivity index (χ4v) is 6.11. The molecule has 0 saturated carbocycles. The maximum Gasteiger partial charge on any atom is 0.408 e. The van der Waals surface area contributed by atoms with Crippen LogP contribution in [0.15, 0.2) is 109 Å². The second kappa shape index (κ2) is 22.1. The molecule has 13 nitrogen and oxygen atoms in total. The molecule has 4 aromatic carbocycles. The van der Waals surface area contributed by atoms with Crippen LogP contribution in [-0.2, 0) is 54.7 Å². The first-order chi connectivity index (χ1) is 28.5. The van der Waals surface area contributed by atoms with Crippen molar-refractivity contribution in [3.8, 4) is 11.5 Å². The van der Waals surface area contributed by atoms with Crippen molar-refractivity contribution in [1.82, 2.24) is 20.9 Å². The molecule has 0 saturated heterocycles. The van der Waals surface area contributed by atoms with E-state index in [1.807, 2.05) is 84.9 Å². The third-order valence-electron chi connectivity index (χ3n) is 9.49. The Kier molecular flexibility index (Phi) is 17.1. The highest BCUT2D eigenvalue weighted by Crippen LogP contribution is 2.20. The number of benzene rings is 4. The number of rotatable bonds is 19. The third-order valence-corrected chi connectivity index (χ3v) is 9.49. The van der Waals surface area contributed by atoms with E-state index in [2.05, 4.69) is 16.0 Å². The number of likely N-dealkylation sites (N-methyl/N-ethyl adjacent to an activating group) is 1. The second-order valence-corrected chi connectivity index (χ2v) is 15.9. The van der Waals surface area contributed by atoms with Gasteiger partial charge in [0.1, 0.15) is 54.5 Å². The molecule has 0 radical (unpaired) electrons. The molecule has 0 aliphatic rings. The predicted molar refractivity (Wildman–Crippen MR) is 228 cm³/mol. The molecule has 4 atom stereocenters. The minimum atomic E-state index is -1.13. The molecule has 0 aromatic heterocycles. The van der Waals surface area contributed by atoms with E-state index in [4.69, 9.17) is 18.9 Å². The van der Waals surface area contributed by atoms with Crippen molar-refractivity contribution < 1.29 is 42.9 Å². The number of carbonyl (C=O) groups excluding carboxylic acids is 5. The summed E-state index contributed by atoms with van der Waals surface area (Å²) in [7, 11) is 2.72. The van der Waals surface area contributed by atoms with Crippen molar-refractivity contribution in [3.63, 3.8) is 0 Å². The third kappa shape index (κ3) is 14.8. The van der Waals surface area contributed by atoms with Gasteiger partial charge in [0.2, 0.25) is 17.7 Å². The fraction of sp³-hybridized carbons (Fsp3) is 0.383. The van der Waals surface area contributed by atoms with Gasteiger partial charge in [-0.1, -0.05) is 98.8 Å². The van der Waals surface area contributed by atoms with Crippen molar-refractivity contribution in [2.75, 3.05) is 14.2 Å². The highest BCUT2D eigenvalue weighted by Gasteiger charge is 2.36. The van der Waals surface area contributed by atoms with Gasteiger partial charge >= 0.3 is 12.1 Å². The van der Waals surface area contributed by atoms with Crippen LogP contribution in [0.2, 0.25) is 0 Å². The first-order valence-corrected chi connectivity index (χ1v) is 20.0. The quantitative estimate of drug-likeness (QED) is 0.0941. The Labute approximate surface area is 353 Å². The van der Waals surface area contributed by atoms with Gasteiger partial charge in [-0.3, -0.25) is 14.4 Å². The van der Waals surface area contributed by atoms with E-state index in [1.54, 1.807) is 58.9 Å². The molecule has 0 fully saturated rings. The average molecular weight is 823 g/mol. The van der Waals surface area contributed by atoms with Gasteiger partial charge in [0.25, 0.3) is 0 Å². The molecule has 320 valence electrons. The van der Waals surface area contributed by atoms with E-state index < -0.39 is 65.5 Å². The zero-order valence-electron chi connectivity index (χ0n) is 35.7. The number of esters is 1. The molecule has 0 aliphatic carbocycles. The normalized spacial score (nSPS) is 13.2. The number of hydrogen-bond acceptors (Lipinski definition) is 9. The minimum Gasteiger partial charge on any atom is -0.489 e. The van der Waals surface area contributed by atoms with Crippen LogP contribution in [0.3, 0.4) is 0 Å². The highest BCUT2D eigenvalue weighted by molar-refractivity contribution is 5.95. The van der Waals surface area contributed by atoms with Crippen LogP contribution in [-0.4, -0.2) is 78.6 Å². The maximum atomic E-state index is 14.4. The van der Waals surface area contributed by atoms with Crippen LogP contribution in [0.4, 0.5) is 4.79 Å². The van der Waals surface area contributed by atoms with Gasteiger partial charge < -0.3 is 39.8 Å². The molecule has 0 bridgehead atoms. The SMILES string of the molecule is COC(=O)[C@H](Cc1ccc(OCc2ccccc2)cc1)NC(=O)[C@H](Cc1ccc(OCc2ccccc2)cc1)N(C)C(=O)[C@@H](NC(=O)[C@H](C)NC(=O)OC(C)(C)C)C(C)C. The van der Waals surface area contributed by atoms with Crippen LogP contribution in [0.5, 0.6) is 11.5 Å². The van der Waals surface area contributed by atoms with Crippen LogP contribution < -0.4 is 25.4 Å². The lowest BCUT2D eigenvalue weighted by Gasteiger charge is -2.33. The van der Waals surface area contributed by atoms with Crippen molar-refractivity contribution >= 4 is 29.8 Å². The van der Waals surface area contributed by atoms with Gasteiger partial charge in [0.15, 0.2) is 0 Å². The van der Waals surface area contributed by atoms with Crippen molar-refractivity contribution in [2.24, 2.45) is 5.92 Å². The number of methoxy groups -OCH3 is 1. The maximum absolute atomic E-state index is 14.4. The Morgan fingerprint density at radius 1 is 0.617 bits per heavy atom. The van der Waals surface area contributed by atoms with E-state index in [0.717, 1.165) is 16.7 Å². The molecular weight excluding hydrogens is 765 g/mol. The number of carbonyl (C=O) groups is 5. The summed E-state index contributed by atoms with van der Waals surface area (Å²) < 4.78 is 22.3. The molecule has 4 amide bonds. The van der Waals surface area contributed by atoms with Crippen molar-refractivity contribution in [3.05, 3.63) is 131 Å². The van der Waals surface area contributed by atoms with Gasteiger partial charge in [-0.15, -0.1) is 0 Å². The van der Waals surface area contributed by atoms with E-state index in [-0.39, 0.29) is 12.8 Å². The Morgan fingerprint density at radius 2 is 1.10 bits per heavy atom. The van der Waals surface area contributed by atoms with Gasteiger partial charge in [-0.25, -0.2) is 9.59 Å². The van der Waals surface area contributed by atoms with Gasteiger partial charge in [-0.2, -0.15) is 0 Å². The Morgan fingerprint density at radius 3 is 1.55 bits per heavy atom. The summed E-state index contributed by atoms with van der Waals surface area (Å²) in [6.45, 7) is 10.9. The number of ether oxygens (including phenoxy) is 4. The largest absolute Gasteiger partial charge is 0.489 e. The topological polar surface area (TPSA) is 162 Å². The standard InChI is InChI=1S/C47H58N4O9/c1-31(2)41(50-42(52)32(3)48-46(56)60-47(4,5)6)44(54)51(7)40(28-34-21-25-38(26-22-34)59-30-36-17-13-10-14-18-36)43(53)49-39(45(55)57-8)27-33-19-23-37(24-20-33)58-29-35-15-11-9-12-16-35/h9-26,31-32,39-41H,27-30H2,1-8H3,(H,48,56)(H,49,53)(H,50,52)/t32-,39-,40-,41-/m0/s1. The lowest BCUT2D eigenvalue weighted by atomic mass is 9.98.